The van der Waals surface area contributed by atoms with Gasteiger partial charge in [-0.05, 0) is 19.3 Å². The number of hydrogen-bond donors (Lipinski definition) is 2. The van der Waals surface area contributed by atoms with Crippen LogP contribution in [0.3, 0.4) is 0 Å². The molecule has 0 amide bonds. The van der Waals surface area contributed by atoms with Gasteiger partial charge in [0.2, 0.25) is 0 Å². The SMILES string of the molecule is C1CC2(C1)NCC1(COCCN1)CO2. The molecule has 2 heterocycles. The van der Waals surface area contributed by atoms with E-state index in [-0.39, 0.29) is 11.3 Å². The van der Waals surface area contributed by atoms with Crippen LogP contribution in [0.5, 0.6) is 0 Å². The molecule has 1 aliphatic carbocycles. The minimum Gasteiger partial charge on any atom is -0.378 e. The molecule has 4 heteroatoms. The molecule has 1 atom stereocenters. The van der Waals surface area contributed by atoms with Crippen LogP contribution in [0.2, 0.25) is 0 Å². The zero-order valence-electron chi connectivity index (χ0n) is 8.47. The fourth-order valence-electron chi connectivity index (χ4n) is 2.44. The Labute approximate surface area is 84.3 Å². The van der Waals surface area contributed by atoms with Crippen LogP contribution in [-0.4, -0.2) is 44.2 Å². The van der Waals surface area contributed by atoms with Crippen molar-refractivity contribution in [2.24, 2.45) is 0 Å². The second kappa shape index (κ2) is 3.17. The van der Waals surface area contributed by atoms with Crippen molar-refractivity contribution in [1.82, 2.24) is 10.6 Å². The van der Waals surface area contributed by atoms with E-state index in [1.807, 2.05) is 0 Å². The second-order valence-corrected chi connectivity index (χ2v) is 4.75. The maximum absolute atomic E-state index is 5.94. The molecule has 0 aromatic heterocycles. The predicted octanol–water partition coefficient (Wildman–Crippen LogP) is -0.155. The van der Waals surface area contributed by atoms with Crippen molar-refractivity contribution in [3.8, 4) is 0 Å². The summed E-state index contributed by atoms with van der Waals surface area (Å²) >= 11 is 0. The Morgan fingerprint density at radius 3 is 2.50 bits per heavy atom. The average Bonchev–Trinajstić information content (AvgIpc) is 2.18. The number of rotatable bonds is 0. The van der Waals surface area contributed by atoms with Gasteiger partial charge in [-0.3, -0.25) is 5.32 Å². The maximum atomic E-state index is 5.94. The van der Waals surface area contributed by atoms with Gasteiger partial charge in [0.1, 0.15) is 5.72 Å². The quantitative estimate of drug-likeness (QED) is 0.568. The Kier molecular flexibility index (Phi) is 2.06. The molecule has 3 fully saturated rings. The lowest BCUT2D eigenvalue weighted by Gasteiger charge is -2.52. The Hall–Kier alpha value is -0.160. The molecule has 4 nitrogen and oxygen atoms in total. The van der Waals surface area contributed by atoms with E-state index in [1.165, 1.54) is 19.3 Å². The first-order valence-corrected chi connectivity index (χ1v) is 5.55. The van der Waals surface area contributed by atoms with Crippen LogP contribution in [0.1, 0.15) is 19.3 Å². The van der Waals surface area contributed by atoms with Gasteiger partial charge in [-0.2, -0.15) is 0 Å². The van der Waals surface area contributed by atoms with Crippen molar-refractivity contribution in [1.29, 1.82) is 0 Å². The van der Waals surface area contributed by atoms with Crippen LogP contribution in [-0.2, 0) is 9.47 Å². The fraction of sp³-hybridized carbons (Fsp3) is 1.00. The van der Waals surface area contributed by atoms with Gasteiger partial charge >= 0.3 is 0 Å². The lowest BCUT2D eigenvalue weighted by molar-refractivity contribution is -0.184. The molecule has 80 valence electrons. The topological polar surface area (TPSA) is 42.5 Å². The number of morpholine rings is 1. The van der Waals surface area contributed by atoms with Crippen molar-refractivity contribution in [3.63, 3.8) is 0 Å². The van der Waals surface area contributed by atoms with Gasteiger partial charge < -0.3 is 14.8 Å². The highest BCUT2D eigenvalue weighted by atomic mass is 16.5. The first-order chi connectivity index (χ1) is 6.83. The third-order valence-corrected chi connectivity index (χ3v) is 3.66. The molecule has 1 unspecified atom stereocenters. The summed E-state index contributed by atoms with van der Waals surface area (Å²) in [5, 5.41) is 7.04. The average molecular weight is 198 g/mol. The molecule has 14 heavy (non-hydrogen) atoms. The lowest BCUT2D eigenvalue weighted by atomic mass is 9.84. The minimum absolute atomic E-state index is 0.0321. The summed E-state index contributed by atoms with van der Waals surface area (Å²) in [6.45, 7) is 4.31. The zero-order valence-corrected chi connectivity index (χ0v) is 8.47. The van der Waals surface area contributed by atoms with Crippen LogP contribution in [0.25, 0.3) is 0 Å². The van der Waals surface area contributed by atoms with Gasteiger partial charge in [0.05, 0.1) is 25.4 Å². The normalized spacial score (nSPS) is 41.1. The largest absolute Gasteiger partial charge is 0.378 e. The van der Waals surface area contributed by atoms with E-state index < -0.39 is 0 Å². The monoisotopic (exact) mass is 198 g/mol. The Balaban J connectivity index is 1.63. The molecule has 1 saturated carbocycles. The van der Waals surface area contributed by atoms with Crippen LogP contribution < -0.4 is 10.6 Å². The highest BCUT2D eigenvalue weighted by Gasteiger charge is 2.47. The second-order valence-electron chi connectivity index (χ2n) is 4.75. The van der Waals surface area contributed by atoms with Crippen molar-refractivity contribution < 1.29 is 9.47 Å². The lowest BCUT2D eigenvalue weighted by Crippen LogP contribution is -2.72. The smallest absolute Gasteiger partial charge is 0.119 e. The summed E-state index contributed by atoms with van der Waals surface area (Å²) in [6.07, 6.45) is 3.64. The van der Waals surface area contributed by atoms with Gasteiger partial charge in [0, 0.05) is 13.1 Å². The van der Waals surface area contributed by atoms with Crippen molar-refractivity contribution >= 4 is 0 Å². The van der Waals surface area contributed by atoms with Gasteiger partial charge in [-0.1, -0.05) is 0 Å². The molecular weight excluding hydrogens is 180 g/mol. The highest BCUT2D eigenvalue weighted by Crippen LogP contribution is 2.36. The van der Waals surface area contributed by atoms with Gasteiger partial charge in [-0.15, -0.1) is 0 Å². The molecule has 0 radical (unpaired) electrons. The zero-order chi connectivity index (χ0) is 9.49. The standard InChI is InChI=1S/C10H18N2O2/c1-2-10(3-1)12-6-9(8-14-10)7-13-5-4-11-9/h11-12H,1-8H2. The van der Waals surface area contributed by atoms with E-state index in [0.717, 1.165) is 32.9 Å². The van der Waals surface area contributed by atoms with E-state index in [1.54, 1.807) is 0 Å². The van der Waals surface area contributed by atoms with Crippen LogP contribution in [0, 0.1) is 0 Å². The number of ether oxygens (including phenoxy) is 2. The molecule has 2 saturated heterocycles. The first-order valence-electron chi connectivity index (χ1n) is 5.55. The molecule has 0 aromatic carbocycles. The third-order valence-electron chi connectivity index (χ3n) is 3.66. The molecule has 3 rings (SSSR count). The third kappa shape index (κ3) is 1.37. The molecule has 2 spiro atoms. The molecule has 2 N–H and O–H groups in total. The summed E-state index contributed by atoms with van der Waals surface area (Å²) in [7, 11) is 0. The maximum Gasteiger partial charge on any atom is 0.119 e. The molecule has 2 aliphatic heterocycles. The summed E-state index contributed by atoms with van der Waals surface area (Å²) in [6, 6.07) is 0. The summed E-state index contributed by atoms with van der Waals surface area (Å²) in [5.41, 5.74) is 0.0729. The van der Waals surface area contributed by atoms with E-state index in [0.29, 0.717) is 0 Å². The Morgan fingerprint density at radius 1 is 1.07 bits per heavy atom. The number of nitrogens with one attached hydrogen (secondary N) is 2. The van der Waals surface area contributed by atoms with E-state index in [4.69, 9.17) is 9.47 Å². The highest BCUT2D eigenvalue weighted by molar-refractivity contribution is 5.01. The summed E-state index contributed by atoms with van der Waals surface area (Å²) in [5.74, 6) is 0. The Morgan fingerprint density at radius 2 is 2.00 bits per heavy atom. The van der Waals surface area contributed by atoms with Crippen LogP contribution >= 0.6 is 0 Å². The van der Waals surface area contributed by atoms with Crippen molar-refractivity contribution in [2.45, 2.75) is 30.5 Å². The van der Waals surface area contributed by atoms with E-state index in [9.17, 15) is 0 Å². The first kappa shape index (κ1) is 9.09. The van der Waals surface area contributed by atoms with Gasteiger partial charge in [0.15, 0.2) is 0 Å². The minimum atomic E-state index is 0.0321. The van der Waals surface area contributed by atoms with Crippen LogP contribution in [0.15, 0.2) is 0 Å². The van der Waals surface area contributed by atoms with Crippen molar-refractivity contribution in [2.75, 3.05) is 32.9 Å². The van der Waals surface area contributed by atoms with Gasteiger partial charge in [-0.25, -0.2) is 0 Å². The van der Waals surface area contributed by atoms with Crippen molar-refractivity contribution in [3.05, 3.63) is 0 Å². The fourth-order valence-corrected chi connectivity index (χ4v) is 2.44. The van der Waals surface area contributed by atoms with Crippen LogP contribution in [0.4, 0.5) is 0 Å². The van der Waals surface area contributed by atoms with E-state index in [2.05, 4.69) is 10.6 Å². The summed E-state index contributed by atoms with van der Waals surface area (Å²) < 4.78 is 11.4. The molecule has 0 aromatic rings. The predicted molar refractivity (Wildman–Crippen MR) is 52.1 cm³/mol. The van der Waals surface area contributed by atoms with E-state index >= 15 is 0 Å². The number of hydrogen-bond acceptors (Lipinski definition) is 4. The molecule has 3 aliphatic rings. The Bertz CT molecular complexity index is 210. The molecule has 0 bridgehead atoms. The summed E-state index contributed by atoms with van der Waals surface area (Å²) in [4.78, 5) is 0. The van der Waals surface area contributed by atoms with Gasteiger partial charge in [0.25, 0.3) is 0 Å². The molecular formula is C10H18N2O2.